The van der Waals surface area contributed by atoms with E-state index in [0.29, 0.717) is 12.0 Å². The van der Waals surface area contributed by atoms with Gasteiger partial charge < -0.3 is 9.55 Å². The number of rotatable bonds is 4. The molecule has 5 nitrogen and oxygen atoms in total. The highest BCUT2D eigenvalue weighted by Gasteiger charge is 2.24. The molecule has 2 aromatic heterocycles. The van der Waals surface area contributed by atoms with Gasteiger partial charge in [-0.3, -0.25) is 4.90 Å². The number of hydrogen-bond acceptors (Lipinski definition) is 3. The van der Waals surface area contributed by atoms with Gasteiger partial charge in [0.05, 0.1) is 6.54 Å². The number of likely N-dealkylation sites (tertiary alicyclic amines) is 1. The summed E-state index contributed by atoms with van der Waals surface area (Å²) in [6.45, 7) is 9.63. The summed E-state index contributed by atoms with van der Waals surface area (Å²) in [7, 11) is 0. The van der Waals surface area contributed by atoms with Crippen molar-refractivity contribution in [2.45, 2.75) is 52.1 Å². The minimum Gasteiger partial charge on any atom is -0.346 e. The number of aromatic nitrogens is 4. The van der Waals surface area contributed by atoms with Crippen molar-refractivity contribution in [2.75, 3.05) is 13.1 Å². The molecule has 3 rings (SSSR count). The highest BCUT2D eigenvalue weighted by molar-refractivity contribution is 5.06. The largest absolute Gasteiger partial charge is 0.346 e. The van der Waals surface area contributed by atoms with Gasteiger partial charge in [-0.05, 0) is 40.2 Å². The van der Waals surface area contributed by atoms with E-state index in [9.17, 15) is 0 Å². The molecule has 2 aromatic rings. The Balaban J connectivity index is 1.67. The fraction of sp³-hybridized carbons (Fsp3) is 0.625. The maximum absolute atomic E-state index is 4.53. The molecule has 21 heavy (non-hydrogen) atoms. The maximum atomic E-state index is 4.53. The smallest absolute Gasteiger partial charge is 0.123 e. The third-order valence-corrected chi connectivity index (χ3v) is 4.28. The Hall–Kier alpha value is -1.62. The van der Waals surface area contributed by atoms with E-state index in [0.717, 1.165) is 31.2 Å². The zero-order chi connectivity index (χ0) is 14.8. The molecule has 5 heteroatoms. The third kappa shape index (κ3) is 3.18. The van der Waals surface area contributed by atoms with Crippen LogP contribution in [0.2, 0.25) is 0 Å². The van der Waals surface area contributed by atoms with E-state index in [-0.39, 0.29) is 0 Å². The maximum Gasteiger partial charge on any atom is 0.123 e. The molecule has 0 saturated carbocycles. The molecular weight excluding hydrogens is 262 g/mol. The van der Waals surface area contributed by atoms with E-state index < -0.39 is 0 Å². The van der Waals surface area contributed by atoms with Crippen molar-refractivity contribution >= 4 is 0 Å². The minimum atomic E-state index is 0.468. The molecular formula is C16H25N5. The van der Waals surface area contributed by atoms with Crippen LogP contribution in [0.15, 0.2) is 18.6 Å². The van der Waals surface area contributed by atoms with Crippen LogP contribution < -0.4 is 0 Å². The second-order valence-corrected chi connectivity index (χ2v) is 6.37. The lowest BCUT2D eigenvalue weighted by Crippen LogP contribution is -2.35. The SMILES string of the molecule is Cc1cnc([C@@H]2CCCN(Cc3nccn3C(C)C)C2)[nH]1. The van der Waals surface area contributed by atoms with Crippen LogP contribution in [-0.4, -0.2) is 37.5 Å². The molecule has 0 unspecified atom stereocenters. The molecule has 0 aliphatic carbocycles. The first-order chi connectivity index (χ1) is 10.1. The second kappa shape index (κ2) is 6.02. The van der Waals surface area contributed by atoms with Crippen molar-refractivity contribution < 1.29 is 0 Å². The van der Waals surface area contributed by atoms with E-state index in [1.165, 1.54) is 18.7 Å². The molecule has 1 atom stereocenters. The lowest BCUT2D eigenvalue weighted by Gasteiger charge is -2.31. The van der Waals surface area contributed by atoms with Gasteiger partial charge in [0, 0.05) is 42.8 Å². The Kier molecular flexibility index (Phi) is 4.10. The van der Waals surface area contributed by atoms with Gasteiger partial charge in [0.1, 0.15) is 11.6 Å². The number of hydrogen-bond donors (Lipinski definition) is 1. The quantitative estimate of drug-likeness (QED) is 0.940. The average Bonchev–Trinajstić information content (AvgIpc) is 3.08. The fourth-order valence-electron chi connectivity index (χ4n) is 3.20. The van der Waals surface area contributed by atoms with Crippen LogP contribution in [0.3, 0.4) is 0 Å². The highest BCUT2D eigenvalue weighted by atomic mass is 15.2. The van der Waals surface area contributed by atoms with Crippen LogP contribution in [0, 0.1) is 6.92 Å². The van der Waals surface area contributed by atoms with Crippen LogP contribution in [0.4, 0.5) is 0 Å². The molecule has 114 valence electrons. The van der Waals surface area contributed by atoms with Crippen molar-refractivity contribution in [1.82, 2.24) is 24.4 Å². The summed E-state index contributed by atoms with van der Waals surface area (Å²) < 4.78 is 2.26. The van der Waals surface area contributed by atoms with Gasteiger partial charge in [0.25, 0.3) is 0 Å². The highest BCUT2D eigenvalue weighted by Crippen LogP contribution is 2.26. The topological polar surface area (TPSA) is 49.7 Å². The summed E-state index contributed by atoms with van der Waals surface area (Å²) in [4.78, 5) is 14.9. The second-order valence-electron chi connectivity index (χ2n) is 6.37. The molecule has 3 heterocycles. The molecule has 0 amide bonds. The number of aromatic amines is 1. The van der Waals surface area contributed by atoms with E-state index >= 15 is 0 Å². The Morgan fingerprint density at radius 1 is 1.38 bits per heavy atom. The lowest BCUT2D eigenvalue weighted by molar-refractivity contribution is 0.189. The summed E-state index contributed by atoms with van der Waals surface area (Å²) in [5.74, 6) is 2.83. The van der Waals surface area contributed by atoms with Gasteiger partial charge in [0.2, 0.25) is 0 Å². The number of nitrogens with zero attached hydrogens (tertiary/aromatic N) is 4. The first-order valence-electron chi connectivity index (χ1n) is 7.89. The summed E-state index contributed by atoms with van der Waals surface area (Å²) >= 11 is 0. The molecule has 1 aliphatic rings. The summed E-state index contributed by atoms with van der Waals surface area (Å²) in [5.41, 5.74) is 1.15. The molecule has 0 aromatic carbocycles. The molecule has 1 fully saturated rings. The van der Waals surface area contributed by atoms with E-state index in [1.54, 1.807) is 0 Å². The van der Waals surface area contributed by atoms with Crippen LogP contribution in [0.5, 0.6) is 0 Å². The molecule has 1 N–H and O–H groups in total. The first-order valence-corrected chi connectivity index (χ1v) is 7.89. The predicted octanol–water partition coefficient (Wildman–Crippen LogP) is 2.88. The molecule has 0 spiro atoms. The normalized spacial score (nSPS) is 20.3. The van der Waals surface area contributed by atoms with Gasteiger partial charge in [-0.25, -0.2) is 9.97 Å². The van der Waals surface area contributed by atoms with Crippen LogP contribution in [0.1, 0.15) is 56.0 Å². The van der Waals surface area contributed by atoms with E-state index in [2.05, 4.69) is 51.4 Å². The van der Waals surface area contributed by atoms with Gasteiger partial charge in [-0.1, -0.05) is 0 Å². The van der Waals surface area contributed by atoms with Crippen molar-refractivity contribution in [1.29, 1.82) is 0 Å². The van der Waals surface area contributed by atoms with Crippen molar-refractivity contribution in [3.8, 4) is 0 Å². The zero-order valence-corrected chi connectivity index (χ0v) is 13.2. The third-order valence-electron chi connectivity index (χ3n) is 4.28. The van der Waals surface area contributed by atoms with Crippen LogP contribution >= 0.6 is 0 Å². The molecule has 1 aliphatic heterocycles. The molecule has 0 radical (unpaired) electrons. The van der Waals surface area contributed by atoms with Crippen molar-refractivity contribution in [2.24, 2.45) is 0 Å². The predicted molar refractivity (Wildman–Crippen MR) is 83.2 cm³/mol. The Morgan fingerprint density at radius 2 is 2.24 bits per heavy atom. The van der Waals surface area contributed by atoms with Crippen molar-refractivity contribution in [3.63, 3.8) is 0 Å². The van der Waals surface area contributed by atoms with Crippen molar-refractivity contribution in [3.05, 3.63) is 35.9 Å². The Labute approximate surface area is 126 Å². The van der Waals surface area contributed by atoms with Gasteiger partial charge in [0.15, 0.2) is 0 Å². The van der Waals surface area contributed by atoms with Gasteiger partial charge >= 0.3 is 0 Å². The van der Waals surface area contributed by atoms with E-state index in [4.69, 9.17) is 0 Å². The Bertz CT molecular complexity index is 583. The zero-order valence-electron chi connectivity index (χ0n) is 13.2. The number of piperidine rings is 1. The number of aryl methyl sites for hydroxylation is 1. The minimum absolute atomic E-state index is 0.468. The number of imidazole rings is 2. The average molecular weight is 287 g/mol. The monoisotopic (exact) mass is 287 g/mol. The Morgan fingerprint density at radius 3 is 2.95 bits per heavy atom. The van der Waals surface area contributed by atoms with Gasteiger partial charge in [-0.15, -0.1) is 0 Å². The molecule has 0 bridgehead atoms. The van der Waals surface area contributed by atoms with Gasteiger partial charge in [-0.2, -0.15) is 0 Å². The number of nitrogens with one attached hydrogen (secondary N) is 1. The standard InChI is InChI=1S/C16H25N5/c1-12(2)21-8-6-17-15(21)11-20-7-4-5-14(10-20)16-18-9-13(3)19-16/h6,8-9,12,14H,4-5,7,10-11H2,1-3H3,(H,18,19)/t14-/m1/s1. The summed E-state index contributed by atoms with van der Waals surface area (Å²) in [6, 6.07) is 0.468. The van der Waals surface area contributed by atoms with Crippen LogP contribution in [-0.2, 0) is 6.54 Å². The first kappa shape index (κ1) is 14.3. The fourth-order valence-corrected chi connectivity index (χ4v) is 3.20. The summed E-state index contributed by atoms with van der Waals surface area (Å²) in [5, 5.41) is 0. The van der Waals surface area contributed by atoms with E-state index in [1.807, 2.05) is 12.4 Å². The van der Waals surface area contributed by atoms with Crippen LogP contribution in [0.25, 0.3) is 0 Å². The summed E-state index contributed by atoms with van der Waals surface area (Å²) in [6.07, 6.45) is 8.37. The number of H-pyrrole nitrogens is 1. The molecule has 1 saturated heterocycles. The lowest BCUT2D eigenvalue weighted by atomic mass is 9.97.